The minimum atomic E-state index is 0.118. The number of nitrogens with two attached hydrogens (primary N) is 1. The van der Waals surface area contributed by atoms with Gasteiger partial charge < -0.3 is 10.6 Å². The lowest BCUT2D eigenvalue weighted by Gasteiger charge is -2.24. The van der Waals surface area contributed by atoms with Gasteiger partial charge in [-0.3, -0.25) is 9.89 Å². The number of hydrogen-bond acceptors (Lipinski definition) is 3. The number of rotatable bonds is 4. The monoisotopic (exact) mass is 236 g/mol. The largest absolute Gasteiger partial charge is 0.340 e. The first-order valence-corrected chi connectivity index (χ1v) is 6.15. The van der Waals surface area contributed by atoms with E-state index in [-0.39, 0.29) is 11.8 Å². The van der Waals surface area contributed by atoms with Gasteiger partial charge in [0, 0.05) is 19.2 Å². The van der Waals surface area contributed by atoms with E-state index in [1.165, 1.54) is 0 Å². The van der Waals surface area contributed by atoms with Crippen LogP contribution in [-0.4, -0.2) is 34.6 Å². The molecule has 5 nitrogen and oxygen atoms in total. The van der Waals surface area contributed by atoms with Crippen molar-refractivity contribution in [2.75, 3.05) is 13.6 Å². The van der Waals surface area contributed by atoms with Crippen molar-refractivity contribution in [1.82, 2.24) is 15.1 Å². The van der Waals surface area contributed by atoms with Gasteiger partial charge in [-0.15, -0.1) is 0 Å². The van der Waals surface area contributed by atoms with Gasteiger partial charge in [0.1, 0.15) is 0 Å². The summed E-state index contributed by atoms with van der Waals surface area (Å²) in [5, 5.41) is 6.75. The molecule has 2 rings (SSSR count). The van der Waals surface area contributed by atoms with E-state index in [2.05, 4.69) is 10.2 Å². The summed E-state index contributed by atoms with van der Waals surface area (Å²) in [7, 11) is 1.84. The third kappa shape index (κ3) is 2.66. The molecule has 1 fully saturated rings. The lowest BCUT2D eigenvalue weighted by Crippen LogP contribution is -2.36. The van der Waals surface area contributed by atoms with Crippen molar-refractivity contribution in [1.29, 1.82) is 0 Å². The highest BCUT2D eigenvalue weighted by molar-refractivity contribution is 5.79. The van der Waals surface area contributed by atoms with Crippen LogP contribution in [0.25, 0.3) is 0 Å². The summed E-state index contributed by atoms with van der Waals surface area (Å²) in [5.41, 5.74) is 6.67. The molecule has 0 aromatic carbocycles. The maximum absolute atomic E-state index is 12.3. The minimum Gasteiger partial charge on any atom is -0.340 e. The van der Waals surface area contributed by atoms with Crippen molar-refractivity contribution in [2.24, 2.45) is 17.6 Å². The van der Waals surface area contributed by atoms with Crippen LogP contribution in [0.3, 0.4) is 0 Å². The molecule has 1 aromatic heterocycles. The SMILES string of the molecule is CN(Cc1ccn[nH]1)C(=O)[C@@H]1CCC[C@@H]1CN. The fourth-order valence-electron chi connectivity index (χ4n) is 2.63. The lowest BCUT2D eigenvalue weighted by atomic mass is 9.95. The second-order valence-electron chi connectivity index (χ2n) is 4.81. The molecule has 1 aliphatic rings. The normalized spacial score (nSPS) is 23.9. The van der Waals surface area contributed by atoms with E-state index in [1.807, 2.05) is 13.1 Å². The Balaban J connectivity index is 1.94. The summed E-state index contributed by atoms with van der Waals surface area (Å²) < 4.78 is 0. The molecule has 1 amide bonds. The first-order chi connectivity index (χ1) is 8.22. The number of aromatic amines is 1. The van der Waals surface area contributed by atoms with Crippen LogP contribution in [0.2, 0.25) is 0 Å². The van der Waals surface area contributed by atoms with Gasteiger partial charge in [0.15, 0.2) is 0 Å². The fourth-order valence-corrected chi connectivity index (χ4v) is 2.63. The third-order valence-electron chi connectivity index (χ3n) is 3.62. The van der Waals surface area contributed by atoms with Crippen LogP contribution < -0.4 is 5.73 Å². The Hall–Kier alpha value is -1.36. The van der Waals surface area contributed by atoms with Crippen LogP contribution >= 0.6 is 0 Å². The summed E-state index contributed by atoms with van der Waals surface area (Å²) in [6, 6.07) is 1.89. The molecular weight excluding hydrogens is 216 g/mol. The summed E-state index contributed by atoms with van der Waals surface area (Å²) in [4.78, 5) is 14.0. The number of carbonyl (C=O) groups is 1. The van der Waals surface area contributed by atoms with Crippen LogP contribution in [0.5, 0.6) is 0 Å². The van der Waals surface area contributed by atoms with E-state index in [0.717, 1.165) is 25.0 Å². The number of carbonyl (C=O) groups excluding carboxylic acids is 1. The molecule has 0 bridgehead atoms. The van der Waals surface area contributed by atoms with Crippen molar-refractivity contribution >= 4 is 5.91 Å². The topological polar surface area (TPSA) is 75.0 Å². The molecule has 0 unspecified atom stereocenters. The Morgan fingerprint density at radius 3 is 3.12 bits per heavy atom. The molecule has 1 aliphatic carbocycles. The molecular formula is C12H20N4O. The molecule has 2 atom stereocenters. The van der Waals surface area contributed by atoms with Crippen molar-refractivity contribution in [3.8, 4) is 0 Å². The van der Waals surface area contributed by atoms with Crippen LogP contribution in [0, 0.1) is 11.8 Å². The van der Waals surface area contributed by atoms with Gasteiger partial charge in [0.2, 0.25) is 5.91 Å². The highest BCUT2D eigenvalue weighted by Gasteiger charge is 2.33. The van der Waals surface area contributed by atoms with Gasteiger partial charge in [-0.05, 0) is 31.4 Å². The summed E-state index contributed by atoms with van der Waals surface area (Å²) >= 11 is 0. The average Bonchev–Trinajstić information content (AvgIpc) is 2.97. The zero-order valence-electron chi connectivity index (χ0n) is 10.2. The molecule has 5 heteroatoms. The maximum Gasteiger partial charge on any atom is 0.226 e. The summed E-state index contributed by atoms with van der Waals surface area (Å²) in [6.07, 6.45) is 4.89. The van der Waals surface area contributed by atoms with Crippen molar-refractivity contribution < 1.29 is 4.79 Å². The smallest absolute Gasteiger partial charge is 0.226 e. The Morgan fingerprint density at radius 2 is 2.47 bits per heavy atom. The van der Waals surface area contributed by atoms with Crippen molar-refractivity contribution in [3.05, 3.63) is 18.0 Å². The van der Waals surface area contributed by atoms with E-state index in [1.54, 1.807) is 11.1 Å². The first kappa shape index (κ1) is 12.1. The number of nitrogens with zero attached hydrogens (tertiary/aromatic N) is 2. The molecule has 0 spiro atoms. The highest BCUT2D eigenvalue weighted by Crippen LogP contribution is 2.32. The van der Waals surface area contributed by atoms with Gasteiger partial charge in [-0.25, -0.2) is 0 Å². The lowest BCUT2D eigenvalue weighted by molar-refractivity contribution is -0.135. The molecule has 1 heterocycles. The molecule has 0 saturated heterocycles. The van der Waals surface area contributed by atoms with Crippen LogP contribution in [0.15, 0.2) is 12.3 Å². The molecule has 94 valence electrons. The van der Waals surface area contributed by atoms with Gasteiger partial charge >= 0.3 is 0 Å². The Morgan fingerprint density at radius 1 is 1.65 bits per heavy atom. The maximum atomic E-state index is 12.3. The Labute approximate surface area is 101 Å². The third-order valence-corrected chi connectivity index (χ3v) is 3.62. The molecule has 0 radical (unpaired) electrons. The van der Waals surface area contributed by atoms with E-state index >= 15 is 0 Å². The fraction of sp³-hybridized carbons (Fsp3) is 0.667. The molecule has 1 aromatic rings. The Bertz CT molecular complexity index is 363. The van der Waals surface area contributed by atoms with Gasteiger partial charge in [-0.1, -0.05) is 6.42 Å². The molecule has 17 heavy (non-hydrogen) atoms. The number of amides is 1. The standard InChI is InChI=1S/C12H20N4O/c1-16(8-10-5-6-14-15-10)12(17)11-4-2-3-9(11)7-13/h5-6,9,11H,2-4,7-8,13H2,1H3,(H,14,15)/t9-,11-/m1/s1. The number of H-pyrrole nitrogens is 1. The molecule has 3 N–H and O–H groups in total. The molecule has 1 saturated carbocycles. The first-order valence-electron chi connectivity index (χ1n) is 6.15. The van der Waals surface area contributed by atoms with Crippen molar-refractivity contribution in [3.63, 3.8) is 0 Å². The number of nitrogens with one attached hydrogen (secondary N) is 1. The summed E-state index contributed by atoms with van der Waals surface area (Å²) in [6.45, 7) is 1.21. The quantitative estimate of drug-likeness (QED) is 0.809. The average molecular weight is 236 g/mol. The van der Waals surface area contributed by atoms with E-state index in [4.69, 9.17) is 5.73 Å². The highest BCUT2D eigenvalue weighted by atomic mass is 16.2. The van der Waals surface area contributed by atoms with Gasteiger partial charge in [0.05, 0.1) is 12.2 Å². The van der Waals surface area contributed by atoms with Crippen LogP contribution in [-0.2, 0) is 11.3 Å². The predicted molar refractivity (Wildman–Crippen MR) is 64.9 cm³/mol. The second-order valence-corrected chi connectivity index (χ2v) is 4.81. The van der Waals surface area contributed by atoms with E-state index < -0.39 is 0 Å². The zero-order valence-corrected chi connectivity index (χ0v) is 10.2. The van der Waals surface area contributed by atoms with Crippen LogP contribution in [0.1, 0.15) is 25.0 Å². The van der Waals surface area contributed by atoms with E-state index in [9.17, 15) is 4.79 Å². The van der Waals surface area contributed by atoms with E-state index in [0.29, 0.717) is 19.0 Å². The second kappa shape index (κ2) is 5.31. The Kier molecular flexibility index (Phi) is 3.78. The van der Waals surface area contributed by atoms with Crippen molar-refractivity contribution in [2.45, 2.75) is 25.8 Å². The van der Waals surface area contributed by atoms with Crippen LogP contribution in [0.4, 0.5) is 0 Å². The molecule has 0 aliphatic heterocycles. The number of aromatic nitrogens is 2. The number of hydrogen-bond donors (Lipinski definition) is 2. The predicted octanol–water partition coefficient (Wildman–Crippen LogP) is 0.743. The summed E-state index contributed by atoms with van der Waals surface area (Å²) in [5.74, 6) is 0.701. The van der Waals surface area contributed by atoms with Gasteiger partial charge in [-0.2, -0.15) is 5.10 Å². The van der Waals surface area contributed by atoms with Gasteiger partial charge in [0.25, 0.3) is 0 Å². The zero-order chi connectivity index (χ0) is 12.3. The minimum absolute atomic E-state index is 0.118.